The van der Waals surface area contributed by atoms with Crippen LogP contribution >= 0.6 is 0 Å². The third-order valence-corrected chi connectivity index (χ3v) is 3.23. The second-order valence-corrected chi connectivity index (χ2v) is 4.39. The van der Waals surface area contributed by atoms with E-state index in [1.54, 1.807) is 0 Å². The molecule has 0 saturated heterocycles. The molecule has 2 rings (SSSR count). The van der Waals surface area contributed by atoms with Crippen molar-refractivity contribution >= 4 is 0 Å². The highest BCUT2D eigenvalue weighted by Gasteiger charge is 2.22. The Morgan fingerprint density at radius 3 is 2.67 bits per heavy atom. The van der Waals surface area contributed by atoms with E-state index in [0.717, 1.165) is 13.0 Å². The fourth-order valence-corrected chi connectivity index (χ4v) is 2.29. The molecular weight excluding hydrogens is 184 g/mol. The molecular formula is C13H20N2. The summed E-state index contributed by atoms with van der Waals surface area (Å²) in [4.78, 5) is 0. The first-order valence-electron chi connectivity index (χ1n) is 5.89. The zero-order chi connectivity index (χ0) is 10.5. The highest BCUT2D eigenvalue weighted by Crippen LogP contribution is 2.16. The lowest BCUT2D eigenvalue weighted by Crippen LogP contribution is -2.41. The molecule has 3 N–H and O–H groups in total. The van der Waals surface area contributed by atoms with Crippen molar-refractivity contribution in [2.45, 2.75) is 37.8 Å². The maximum Gasteiger partial charge on any atom is 0.0219 e. The lowest BCUT2D eigenvalue weighted by molar-refractivity contribution is 0.479. The van der Waals surface area contributed by atoms with Crippen molar-refractivity contribution in [2.75, 3.05) is 6.54 Å². The summed E-state index contributed by atoms with van der Waals surface area (Å²) in [7, 11) is 0. The van der Waals surface area contributed by atoms with Gasteiger partial charge >= 0.3 is 0 Å². The van der Waals surface area contributed by atoms with E-state index in [4.69, 9.17) is 5.73 Å². The van der Waals surface area contributed by atoms with E-state index < -0.39 is 0 Å². The van der Waals surface area contributed by atoms with Gasteiger partial charge in [0, 0.05) is 12.1 Å². The smallest absolute Gasteiger partial charge is 0.0219 e. The van der Waals surface area contributed by atoms with Gasteiger partial charge in [-0.3, -0.25) is 0 Å². The second-order valence-electron chi connectivity index (χ2n) is 4.39. The van der Waals surface area contributed by atoms with Crippen molar-refractivity contribution in [1.29, 1.82) is 0 Å². The van der Waals surface area contributed by atoms with E-state index in [9.17, 15) is 0 Å². The summed E-state index contributed by atoms with van der Waals surface area (Å²) in [6.07, 6.45) is 4.81. The molecule has 0 amide bonds. The Morgan fingerprint density at radius 1 is 1.20 bits per heavy atom. The number of benzene rings is 1. The number of nitrogens with two attached hydrogens (primary N) is 1. The average Bonchev–Trinajstić information content (AvgIpc) is 2.66. The van der Waals surface area contributed by atoms with E-state index >= 15 is 0 Å². The molecule has 2 atom stereocenters. The van der Waals surface area contributed by atoms with Crippen molar-refractivity contribution in [3.63, 3.8) is 0 Å². The minimum atomic E-state index is 0.376. The van der Waals surface area contributed by atoms with Crippen LogP contribution in [0, 0.1) is 0 Å². The number of hydrogen-bond donors (Lipinski definition) is 2. The average molecular weight is 204 g/mol. The molecule has 0 spiro atoms. The van der Waals surface area contributed by atoms with Crippen LogP contribution in [-0.4, -0.2) is 18.6 Å². The Bertz CT molecular complexity index is 284. The molecule has 0 bridgehead atoms. The van der Waals surface area contributed by atoms with Crippen LogP contribution in [0.5, 0.6) is 0 Å². The predicted molar refractivity (Wildman–Crippen MR) is 63.8 cm³/mol. The van der Waals surface area contributed by atoms with Crippen LogP contribution in [0.4, 0.5) is 0 Å². The van der Waals surface area contributed by atoms with Gasteiger partial charge in [-0.15, -0.1) is 0 Å². The van der Waals surface area contributed by atoms with Crippen LogP contribution in [0.3, 0.4) is 0 Å². The Labute approximate surface area is 91.9 Å². The predicted octanol–water partition coefficient (Wildman–Crippen LogP) is 1.70. The Hall–Kier alpha value is -0.860. The molecule has 1 aromatic rings. The molecule has 15 heavy (non-hydrogen) atoms. The van der Waals surface area contributed by atoms with Gasteiger partial charge in [0.15, 0.2) is 0 Å². The SMILES string of the molecule is N[C@@H]1CCC[C@@H]1NCCc1ccccc1. The minimum absolute atomic E-state index is 0.376. The molecule has 1 aromatic carbocycles. The fourth-order valence-electron chi connectivity index (χ4n) is 2.29. The zero-order valence-electron chi connectivity index (χ0n) is 9.15. The van der Waals surface area contributed by atoms with Crippen LogP contribution in [0.2, 0.25) is 0 Å². The van der Waals surface area contributed by atoms with Crippen molar-refractivity contribution < 1.29 is 0 Å². The number of rotatable bonds is 4. The number of nitrogens with one attached hydrogen (secondary N) is 1. The quantitative estimate of drug-likeness (QED) is 0.783. The third-order valence-electron chi connectivity index (χ3n) is 3.23. The van der Waals surface area contributed by atoms with Gasteiger partial charge in [0.25, 0.3) is 0 Å². The molecule has 1 fully saturated rings. The van der Waals surface area contributed by atoms with Crippen LogP contribution in [-0.2, 0) is 6.42 Å². The van der Waals surface area contributed by atoms with Crippen molar-refractivity contribution in [3.05, 3.63) is 35.9 Å². The third kappa shape index (κ3) is 3.05. The van der Waals surface area contributed by atoms with Crippen LogP contribution in [0.15, 0.2) is 30.3 Å². The molecule has 82 valence electrons. The molecule has 1 saturated carbocycles. The lowest BCUT2D eigenvalue weighted by atomic mass is 10.1. The molecule has 2 heteroatoms. The van der Waals surface area contributed by atoms with Gasteiger partial charge in [-0.05, 0) is 31.4 Å². The second kappa shape index (κ2) is 5.29. The van der Waals surface area contributed by atoms with E-state index in [1.165, 1.54) is 24.8 Å². The molecule has 2 nitrogen and oxygen atoms in total. The van der Waals surface area contributed by atoms with Crippen LogP contribution in [0.25, 0.3) is 0 Å². The largest absolute Gasteiger partial charge is 0.326 e. The topological polar surface area (TPSA) is 38.0 Å². The molecule has 0 radical (unpaired) electrons. The van der Waals surface area contributed by atoms with Crippen molar-refractivity contribution in [1.82, 2.24) is 5.32 Å². The summed E-state index contributed by atoms with van der Waals surface area (Å²) in [5.41, 5.74) is 7.40. The summed E-state index contributed by atoms with van der Waals surface area (Å²) in [5.74, 6) is 0. The summed E-state index contributed by atoms with van der Waals surface area (Å²) >= 11 is 0. The highest BCUT2D eigenvalue weighted by molar-refractivity contribution is 5.14. The summed E-state index contributed by atoms with van der Waals surface area (Å²) in [5, 5.41) is 3.55. The van der Waals surface area contributed by atoms with Crippen LogP contribution in [0.1, 0.15) is 24.8 Å². The van der Waals surface area contributed by atoms with E-state index in [1.807, 2.05) is 0 Å². The van der Waals surface area contributed by atoms with Gasteiger partial charge in [-0.2, -0.15) is 0 Å². The molecule has 0 unspecified atom stereocenters. The zero-order valence-corrected chi connectivity index (χ0v) is 9.15. The molecule has 0 aliphatic heterocycles. The monoisotopic (exact) mass is 204 g/mol. The molecule has 0 aromatic heterocycles. The molecule has 1 aliphatic carbocycles. The van der Waals surface area contributed by atoms with Gasteiger partial charge < -0.3 is 11.1 Å². The van der Waals surface area contributed by atoms with Crippen LogP contribution < -0.4 is 11.1 Å². The summed E-state index contributed by atoms with van der Waals surface area (Å²) < 4.78 is 0. The lowest BCUT2D eigenvalue weighted by Gasteiger charge is -2.16. The standard InChI is InChI=1S/C13H20N2/c14-12-7-4-8-13(12)15-10-9-11-5-2-1-3-6-11/h1-3,5-6,12-13,15H,4,7-10,14H2/t12-,13+/m1/s1. The van der Waals surface area contributed by atoms with Crippen molar-refractivity contribution in [2.24, 2.45) is 5.73 Å². The minimum Gasteiger partial charge on any atom is -0.326 e. The fraction of sp³-hybridized carbons (Fsp3) is 0.538. The first-order chi connectivity index (χ1) is 7.36. The van der Waals surface area contributed by atoms with Gasteiger partial charge in [-0.1, -0.05) is 36.8 Å². The number of hydrogen-bond acceptors (Lipinski definition) is 2. The Kier molecular flexibility index (Phi) is 3.75. The summed E-state index contributed by atoms with van der Waals surface area (Å²) in [6.45, 7) is 1.04. The molecule has 1 aliphatic rings. The Morgan fingerprint density at radius 2 is 2.00 bits per heavy atom. The summed E-state index contributed by atoms with van der Waals surface area (Å²) in [6, 6.07) is 11.5. The van der Waals surface area contributed by atoms with E-state index in [-0.39, 0.29) is 0 Å². The van der Waals surface area contributed by atoms with E-state index in [0.29, 0.717) is 12.1 Å². The van der Waals surface area contributed by atoms with Gasteiger partial charge in [0.2, 0.25) is 0 Å². The maximum atomic E-state index is 6.00. The van der Waals surface area contributed by atoms with Crippen molar-refractivity contribution in [3.8, 4) is 0 Å². The van der Waals surface area contributed by atoms with E-state index in [2.05, 4.69) is 35.6 Å². The highest BCUT2D eigenvalue weighted by atomic mass is 15.0. The first-order valence-corrected chi connectivity index (χ1v) is 5.89. The Balaban J connectivity index is 1.71. The maximum absolute atomic E-state index is 6.00. The van der Waals surface area contributed by atoms with Gasteiger partial charge in [-0.25, -0.2) is 0 Å². The van der Waals surface area contributed by atoms with Gasteiger partial charge in [0.05, 0.1) is 0 Å². The normalized spacial score (nSPS) is 25.7. The van der Waals surface area contributed by atoms with Gasteiger partial charge in [0.1, 0.15) is 0 Å². The molecule has 0 heterocycles. The first kappa shape index (κ1) is 10.7.